The number of ether oxygens (including phenoxy) is 2. The summed E-state index contributed by atoms with van der Waals surface area (Å²) in [6, 6.07) is 12.7. The maximum absolute atomic E-state index is 13.0. The zero-order chi connectivity index (χ0) is 25.7. The summed E-state index contributed by atoms with van der Waals surface area (Å²) in [6.07, 6.45) is 0. The second kappa shape index (κ2) is 11.7. The smallest absolute Gasteiger partial charge is 0.319 e. The molecule has 0 aromatic heterocycles. The van der Waals surface area contributed by atoms with Gasteiger partial charge in [-0.25, -0.2) is 0 Å². The molecule has 0 bridgehead atoms. The lowest BCUT2D eigenvalue weighted by Crippen LogP contribution is -2.44. The Labute approximate surface area is 223 Å². The molecule has 11 heteroatoms. The standard InChI is InChI=1S/C24H21Br2N3O5S/c1-12-4-6-17(15(25)8-12)28-19(30)11-35-23-14(10-27)20(21(22(31)29-23)24(32)34-3)13-5-7-18(33-2)16(26)9-13/h4-9,20-21H,11H2,1-3H3,(H,28,30)(H,29,31)/t20-,21-/m0/s1. The Bertz CT molecular complexity index is 1260. The largest absolute Gasteiger partial charge is 0.496 e. The van der Waals surface area contributed by atoms with E-state index >= 15 is 0 Å². The highest BCUT2D eigenvalue weighted by Crippen LogP contribution is 2.42. The summed E-state index contributed by atoms with van der Waals surface area (Å²) in [5, 5.41) is 15.6. The van der Waals surface area contributed by atoms with E-state index in [-0.39, 0.29) is 22.3 Å². The number of hydrogen-bond acceptors (Lipinski definition) is 7. The fourth-order valence-corrected chi connectivity index (χ4v) is 5.60. The van der Waals surface area contributed by atoms with Gasteiger partial charge in [0.2, 0.25) is 11.8 Å². The lowest BCUT2D eigenvalue weighted by molar-refractivity contribution is -0.150. The molecule has 2 aromatic carbocycles. The van der Waals surface area contributed by atoms with Gasteiger partial charge in [0.25, 0.3) is 0 Å². The normalized spacial score (nSPS) is 17.3. The lowest BCUT2D eigenvalue weighted by atomic mass is 9.78. The maximum Gasteiger partial charge on any atom is 0.319 e. The third kappa shape index (κ3) is 6.07. The first-order valence-corrected chi connectivity index (χ1v) is 12.8. The molecule has 2 amide bonds. The second-order valence-corrected chi connectivity index (χ2v) is 10.2. The minimum Gasteiger partial charge on any atom is -0.496 e. The Morgan fingerprint density at radius 1 is 1.17 bits per heavy atom. The average Bonchev–Trinajstić information content (AvgIpc) is 2.83. The third-order valence-electron chi connectivity index (χ3n) is 5.26. The SMILES string of the molecule is COC(=O)[C@@H]1C(=O)NC(SCC(=O)Nc2ccc(C)cc2Br)=C(C#N)[C@@H]1c1ccc(OC)c(Br)c1. The van der Waals surface area contributed by atoms with Crippen molar-refractivity contribution in [2.75, 3.05) is 25.3 Å². The molecule has 0 saturated carbocycles. The van der Waals surface area contributed by atoms with E-state index in [0.717, 1.165) is 21.8 Å². The first-order chi connectivity index (χ1) is 16.7. The number of nitrogens with zero attached hydrogens (tertiary/aromatic N) is 1. The Balaban J connectivity index is 1.92. The van der Waals surface area contributed by atoms with Crippen LogP contribution in [0.3, 0.4) is 0 Å². The van der Waals surface area contributed by atoms with Gasteiger partial charge in [0.05, 0.1) is 46.8 Å². The van der Waals surface area contributed by atoms with Gasteiger partial charge in [-0.05, 0) is 74.2 Å². The molecule has 1 aliphatic rings. The monoisotopic (exact) mass is 621 g/mol. The molecule has 0 radical (unpaired) electrons. The number of nitriles is 1. The topological polar surface area (TPSA) is 118 Å². The third-order valence-corrected chi connectivity index (χ3v) is 7.56. The fourth-order valence-electron chi connectivity index (χ4n) is 3.60. The highest BCUT2D eigenvalue weighted by molar-refractivity contribution is 9.11. The van der Waals surface area contributed by atoms with Crippen molar-refractivity contribution in [2.24, 2.45) is 5.92 Å². The molecule has 0 fully saturated rings. The molecule has 0 aliphatic carbocycles. The Hall–Kier alpha value is -2.81. The summed E-state index contributed by atoms with van der Waals surface area (Å²) in [5.74, 6) is -3.38. The number of rotatable bonds is 7. The number of allylic oxidation sites excluding steroid dienone is 1. The minimum atomic E-state index is -1.27. The summed E-state index contributed by atoms with van der Waals surface area (Å²) < 4.78 is 11.5. The number of amides is 2. The van der Waals surface area contributed by atoms with Crippen molar-refractivity contribution in [3.8, 4) is 11.8 Å². The number of carbonyl (C=O) groups excluding carboxylic acids is 3. The summed E-state index contributed by atoms with van der Waals surface area (Å²) >= 11 is 7.84. The van der Waals surface area contributed by atoms with Gasteiger partial charge in [0.15, 0.2) is 0 Å². The van der Waals surface area contributed by atoms with E-state index in [2.05, 4.69) is 48.6 Å². The first-order valence-electron chi connectivity index (χ1n) is 10.2. The molecule has 0 spiro atoms. The Morgan fingerprint density at radius 3 is 2.51 bits per heavy atom. The van der Waals surface area contributed by atoms with Crippen LogP contribution in [0.1, 0.15) is 17.0 Å². The molecule has 2 atom stereocenters. The van der Waals surface area contributed by atoms with Gasteiger partial charge >= 0.3 is 5.97 Å². The van der Waals surface area contributed by atoms with Crippen molar-refractivity contribution >= 4 is 67.1 Å². The van der Waals surface area contributed by atoms with E-state index in [4.69, 9.17) is 9.47 Å². The molecule has 0 unspecified atom stereocenters. The van der Waals surface area contributed by atoms with Crippen LogP contribution in [0.2, 0.25) is 0 Å². The number of thioether (sulfide) groups is 1. The van der Waals surface area contributed by atoms with Gasteiger partial charge in [-0.3, -0.25) is 14.4 Å². The van der Waals surface area contributed by atoms with E-state index in [1.54, 1.807) is 24.3 Å². The molecule has 8 nitrogen and oxygen atoms in total. The minimum absolute atomic E-state index is 0.0664. The van der Waals surface area contributed by atoms with Crippen LogP contribution in [-0.4, -0.2) is 37.8 Å². The van der Waals surface area contributed by atoms with Crippen LogP contribution >= 0.6 is 43.6 Å². The molecular weight excluding hydrogens is 602 g/mol. The predicted octanol–water partition coefficient (Wildman–Crippen LogP) is 4.64. The van der Waals surface area contributed by atoms with Gasteiger partial charge in [-0.15, -0.1) is 0 Å². The van der Waals surface area contributed by atoms with Crippen LogP contribution in [0, 0.1) is 24.2 Å². The zero-order valence-electron chi connectivity index (χ0n) is 19.0. The van der Waals surface area contributed by atoms with Crippen molar-refractivity contribution in [3.05, 3.63) is 67.1 Å². The molecule has 0 saturated heterocycles. The van der Waals surface area contributed by atoms with Crippen molar-refractivity contribution < 1.29 is 23.9 Å². The molecule has 1 aliphatic heterocycles. The number of esters is 1. The number of halogens is 2. The number of carbonyl (C=O) groups is 3. The van der Waals surface area contributed by atoms with E-state index in [1.807, 2.05) is 19.1 Å². The molecule has 2 aromatic rings. The second-order valence-electron chi connectivity index (χ2n) is 7.54. The predicted molar refractivity (Wildman–Crippen MR) is 140 cm³/mol. The van der Waals surface area contributed by atoms with Crippen molar-refractivity contribution in [2.45, 2.75) is 12.8 Å². The summed E-state index contributed by atoms with van der Waals surface area (Å²) in [7, 11) is 2.70. The molecule has 3 rings (SSSR count). The molecule has 35 heavy (non-hydrogen) atoms. The molecule has 2 N–H and O–H groups in total. The molecule has 1 heterocycles. The van der Waals surface area contributed by atoms with Crippen molar-refractivity contribution in [1.82, 2.24) is 5.32 Å². The molecular formula is C24H21Br2N3O5S. The van der Waals surface area contributed by atoms with Gasteiger partial charge in [0, 0.05) is 10.4 Å². The van der Waals surface area contributed by atoms with Crippen molar-refractivity contribution in [3.63, 3.8) is 0 Å². The summed E-state index contributed by atoms with van der Waals surface area (Å²) in [6.45, 7) is 1.94. The van der Waals surface area contributed by atoms with Crippen LogP contribution in [0.15, 0.2) is 55.9 Å². The van der Waals surface area contributed by atoms with E-state index in [9.17, 15) is 19.6 Å². The quantitative estimate of drug-likeness (QED) is 0.341. The highest BCUT2D eigenvalue weighted by Gasteiger charge is 2.44. The van der Waals surface area contributed by atoms with Crippen LogP contribution in [-0.2, 0) is 19.1 Å². The van der Waals surface area contributed by atoms with Crippen LogP contribution in [0.5, 0.6) is 5.75 Å². The van der Waals surface area contributed by atoms with E-state index in [1.165, 1.54) is 14.2 Å². The highest BCUT2D eigenvalue weighted by atomic mass is 79.9. The first kappa shape index (κ1) is 26.8. The van der Waals surface area contributed by atoms with Crippen LogP contribution in [0.25, 0.3) is 0 Å². The maximum atomic E-state index is 13.0. The summed E-state index contributed by atoms with van der Waals surface area (Å²) in [4.78, 5) is 38.1. The lowest BCUT2D eigenvalue weighted by Gasteiger charge is -2.31. The number of nitrogens with one attached hydrogen (secondary N) is 2. The number of methoxy groups -OCH3 is 2. The Morgan fingerprint density at radius 2 is 1.91 bits per heavy atom. The average molecular weight is 623 g/mol. The summed E-state index contributed by atoms with van der Waals surface area (Å²) in [5.41, 5.74) is 2.35. The van der Waals surface area contributed by atoms with E-state index < -0.39 is 23.7 Å². The van der Waals surface area contributed by atoms with Gasteiger partial charge in [-0.2, -0.15) is 5.26 Å². The number of aryl methyl sites for hydroxylation is 1. The van der Waals surface area contributed by atoms with E-state index in [0.29, 0.717) is 21.5 Å². The Kier molecular flexibility index (Phi) is 8.99. The van der Waals surface area contributed by atoms with Gasteiger partial charge < -0.3 is 20.1 Å². The van der Waals surface area contributed by atoms with Gasteiger partial charge in [-0.1, -0.05) is 23.9 Å². The fraction of sp³-hybridized carbons (Fsp3) is 0.250. The van der Waals surface area contributed by atoms with Crippen molar-refractivity contribution in [1.29, 1.82) is 5.26 Å². The number of hydrogen-bond donors (Lipinski definition) is 2. The van der Waals surface area contributed by atoms with Crippen LogP contribution < -0.4 is 15.4 Å². The number of benzene rings is 2. The van der Waals surface area contributed by atoms with Crippen LogP contribution in [0.4, 0.5) is 5.69 Å². The number of anilines is 1. The zero-order valence-corrected chi connectivity index (χ0v) is 23.0. The molecule has 182 valence electrons. The van der Waals surface area contributed by atoms with Gasteiger partial charge in [0.1, 0.15) is 11.7 Å².